The first-order chi connectivity index (χ1) is 11.1. The van der Waals surface area contributed by atoms with Crippen molar-refractivity contribution >= 4 is 32.3 Å². The van der Waals surface area contributed by atoms with Gasteiger partial charge in [0.05, 0.1) is 29.3 Å². The van der Waals surface area contributed by atoms with Crippen molar-refractivity contribution in [2.75, 3.05) is 23.9 Å². The van der Waals surface area contributed by atoms with E-state index >= 15 is 0 Å². The molecule has 0 bridgehead atoms. The zero-order valence-electron chi connectivity index (χ0n) is 14.7. The third-order valence-electron chi connectivity index (χ3n) is 3.85. The lowest BCUT2D eigenvalue weighted by molar-refractivity contribution is 0.102. The number of sulfone groups is 1. The summed E-state index contributed by atoms with van der Waals surface area (Å²) in [5.74, 6) is -0.176. The zero-order valence-corrected chi connectivity index (χ0v) is 16.3. The topological polar surface area (TPSA) is 97.4 Å². The maximum atomic E-state index is 12.2. The highest BCUT2D eigenvalue weighted by atomic mass is 32.2. The second-order valence-corrected chi connectivity index (χ2v) is 10.1. The number of ether oxygens (including phenoxy) is 1. The van der Waals surface area contributed by atoms with E-state index < -0.39 is 28.0 Å². The van der Waals surface area contributed by atoms with E-state index in [2.05, 4.69) is 36.4 Å². The molecule has 1 aliphatic heterocycles. The Hall–Kier alpha value is -1.19. The van der Waals surface area contributed by atoms with Gasteiger partial charge in [0, 0.05) is 12.0 Å². The first kappa shape index (κ1) is 19.1. The van der Waals surface area contributed by atoms with Gasteiger partial charge in [0.25, 0.3) is 0 Å². The summed E-state index contributed by atoms with van der Waals surface area (Å²) in [6, 6.07) is -1.01. The van der Waals surface area contributed by atoms with E-state index in [0.29, 0.717) is 5.13 Å². The van der Waals surface area contributed by atoms with Crippen LogP contribution < -0.4 is 10.6 Å². The van der Waals surface area contributed by atoms with Crippen LogP contribution in [0.25, 0.3) is 0 Å². The van der Waals surface area contributed by atoms with Crippen LogP contribution in [-0.2, 0) is 26.4 Å². The highest BCUT2D eigenvalue weighted by molar-refractivity contribution is 7.91. The van der Waals surface area contributed by atoms with Crippen molar-refractivity contribution in [3.8, 4) is 0 Å². The Bertz CT molecular complexity index is 707. The molecule has 2 rings (SSSR count). The van der Waals surface area contributed by atoms with Crippen molar-refractivity contribution in [3.63, 3.8) is 0 Å². The van der Waals surface area contributed by atoms with Crippen LogP contribution in [0.5, 0.6) is 0 Å². The molecule has 2 unspecified atom stereocenters. The van der Waals surface area contributed by atoms with Crippen LogP contribution in [0.2, 0.25) is 0 Å². The van der Waals surface area contributed by atoms with Gasteiger partial charge in [-0.15, -0.1) is 11.3 Å². The number of hydrogen-bond acceptors (Lipinski definition) is 6. The smallest absolute Gasteiger partial charge is 0.321 e. The summed E-state index contributed by atoms with van der Waals surface area (Å²) in [6.07, 6.45) is 0.271. The molecule has 7 nitrogen and oxygen atoms in total. The number of anilines is 1. The lowest BCUT2D eigenvalue weighted by Crippen LogP contribution is -2.45. The lowest BCUT2D eigenvalue weighted by Gasteiger charge is -2.18. The molecule has 1 aromatic heterocycles. The van der Waals surface area contributed by atoms with E-state index in [0.717, 1.165) is 17.0 Å². The first-order valence-corrected chi connectivity index (χ1v) is 10.5. The quantitative estimate of drug-likeness (QED) is 0.838. The molecule has 2 atom stereocenters. The summed E-state index contributed by atoms with van der Waals surface area (Å²) in [5, 5.41) is 5.91. The predicted octanol–water partition coefficient (Wildman–Crippen LogP) is 1.94. The molecule has 1 saturated heterocycles. The maximum absolute atomic E-state index is 12.2. The average Bonchev–Trinajstić information content (AvgIpc) is 2.98. The molecule has 0 aliphatic carbocycles. The van der Waals surface area contributed by atoms with Crippen LogP contribution in [0, 0.1) is 0 Å². The Morgan fingerprint density at radius 1 is 1.38 bits per heavy atom. The highest BCUT2D eigenvalue weighted by Gasteiger charge is 2.38. The molecule has 0 aromatic carbocycles. The number of rotatable bonds is 4. The van der Waals surface area contributed by atoms with Gasteiger partial charge in [0.1, 0.15) is 0 Å². The predicted molar refractivity (Wildman–Crippen MR) is 95.6 cm³/mol. The van der Waals surface area contributed by atoms with E-state index in [1.54, 1.807) is 0 Å². The number of aromatic nitrogens is 1. The summed E-state index contributed by atoms with van der Waals surface area (Å²) in [4.78, 5) is 17.8. The second kappa shape index (κ2) is 6.97. The summed E-state index contributed by atoms with van der Waals surface area (Å²) in [7, 11) is -1.74. The summed E-state index contributed by atoms with van der Waals surface area (Å²) in [6.45, 7) is 8.35. The minimum absolute atomic E-state index is 0.0416. The Morgan fingerprint density at radius 3 is 2.54 bits per heavy atom. The third kappa shape index (κ3) is 4.46. The molecular weight excluding hydrogens is 350 g/mol. The zero-order chi connectivity index (χ0) is 18.1. The number of nitrogens with zero attached hydrogens (tertiary/aromatic N) is 1. The number of urea groups is 1. The number of amides is 2. The van der Waals surface area contributed by atoms with E-state index in [9.17, 15) is 13.2 Å². The SMILES string of the molecule is CCc1nc(NC(=O)NC2CS(=O)(=O)CC2OC)sc1C(C)(C)C. The summed E-state index contributed by atoms with van der Waals surface area (Å²) < 4.78 is 28.5. The second-order valence-electron chi connectivity index (χ2n) is 6.95. The Balaban J connectivity index is 2.06. The van der Waals surface area contributed by atoms with Crippen molar-refractivity contribution in [2.45, 2.75) is 51.7 Å². The Labute approximate surface area is 147 Å². The van der Waals surface area contributed by atoms with Gasteiger partial charge in [0.2, 0.25) is 0 Å². The van der Waals surface area contributed by atoms with Gasteiger partial charge >= 0.3 is 6.03 Å². The fourth-order valence-corrected chi connectivity index (χ4v) is 5.67. The van der Waals surface area contributed by atoms with Gasteiger partial charge in [-0.1, -0.05) is 27.7 Å². The molecule has 136 valence electrons. The molecule has 2 amide bonds. The number of hydrogen-bond donors (Lipinski definition) is 2. The van der Waals surface area contributed by atoms with Crippen LogP contribution in [0.15, 0.2) is 0 Å². The van der Waals surface area contributed by atoms with Gasteiger partial charge in [-0.05, 0) is 11.8 Å². The Kier molecular flexibility index (Phi) is 5.56. The minimum Gasteiger partial charge on any atom is -0.378 e. The first-order valence-electron chi connectivity index (χ1n) is 7.86. The maximum Gasteiger partial charge on any atom is 0.321 e. The average molecular weight is 376 g/mol. The number of carbonyl (C=O) groups excluding carboxylic acids is 1. The monoisotopic (exact) mass is 375 g/mol. The highest BCUT2D eigenvalue weighted by Crippen LogP contribution is 2.34. The molecule has 2 N–H and O–H groups in total. The standard InChI is InChI=1S/C15H25N3O4S2/c1-6-9-12(15(2,3)4)23-14(17-9)18-13(19)16-10-7-24(20,21)8-11(10)22-5/h10-11H,6-8H2,1-5H3,(H2,16,17,18,19). The fraction of sp³-hybridized carbons (Fsp3) is 0.733. The van der Waals surface area contributed by atoms with E-state index in [1.165, 1.54) is 18.4 Å². The van der Waals surface area contributed by atoms with Crippen molar-refractivity contribution in [1.29, 1.82) is 0 Å². The molecule has 1 aliphatic rings. The lowest BCUT2D eigenvalue weighted by atomic mass is 9.93. The fourth-order valence-electron chi connectivity index (χ4n) is 2.71. The van der Waals surface area contributed by atoms with Crippen LogP contribution >= 0.6 is 11.3 Å². The van der Waals surface area contributed by atoms with Gasteiger partial charge in [-0.2, -0.15) is 0 Å². The molecule has 1 aromatic rings. The number of carbonyl (C=O) groups is 1. The molecule has 0 saturated carbocycles. The van der Waals surface area contributed by atoms with Gasteiger partial charge in [-0.3, -0.25) is 5.32 Å². The van der Waals surface area contributed by atoms with Crippen molar-refractivity contribution in [2.24, 2.45) is 0 Å². The molecule has 24 heavy (non-hydrogen) atoms. The van der Waals surface area contributed by atoms with Crippen molar-refractivity contribution in [1.82, 2.24) is 10.3 Å². The minimum atomic E-state index is -3.18. The van der Waals surface area contributed by atoms with Gasteiger partial charge < -0.3 is 10.1 Å². The Morgan fingerprint density at radius 2 is 2.04 bits per heavy atom. The third-order valence-corrected chi connectivity index (χ3v) is 7.00. The number of nitrogens with one attached hydrogen (secondary N) is 2. The molecular formula is C15H25N3O4S2. The summed E-state index contributed by atoms with van der Waals surface area (Å²) in [5.41, 5.74) is 0.932. The normalized spacial score (nSPS) is 23.2. The molecule has 0 radical (unpaired) electrons. The van der Waals surface area contributed by atoms with E-state index in [4.69, 9.17) is 4.74 Å². The van der Waals surface area contributed by atoms with Gasteiger partial charge in [-0.25, -0.2) is 18.2 Å². The molecule has 1 fully saturated rings. The van der Waals surface area contributed by atoms with Crippen LogP contribution in [0.4, 0.5) is 9.93 Å². The number of aryl methyl sites for hydroxylation is 1. The number of methoxy groups -OCH3 is 1. The van der Waals surface area contributed by atoms with Crippen LogP contribution in [0.1, 0.15) is 38.3 Å². The van der Waals surface area contributed by atoms with Crippen LogP contribution in [-0.4, -0.2) is 50.2 Å². The summed E-state index contributed by atoms with van der Waals surface area (Å²) >= 11 is 1.45. The molecule has 0 spiro atoms. The van der Waals surface area contributed by atoms with Crippen molar-refractivity contribution < 1.29 is 17.9 Å². The molecule has 2 heterocycles. The van der Waals surface area contributed by atoms with Crippen molar-refractivity contribution in [3.05, 3.63) is 10.6 Å². The van der Waals surface area contributed by atoms with E-state index in [-0.39, 0.29) is 16.9 Å². The largest absolute Gasteiger partial charge is 0.378 e. The number of thiazole rings is 1. The van der Waals surface area contributed by atoms with E-state index in [1.807, 2.05) is 6.92 Å². The molecule has 9 heteroatoms. The van der Waals surface area contributed by atoms with Gasteiger partial charge in [0.15, 0.2) is 15.0 Å². The van der Waals surface area contributed by atoms with Crippen LogP contribution in [0.3, 0.4) is 0 Å².